The van der Waals surface area contributed by atoms with Gasteiger partial charge in [-0.15, -0.1) is 0 Å². The van der Waals surface area contributed by atoms with Crippen molar-refractivity contribution in [3.05, 3.63) is 35.5 Å². The van der Waals surface area contributed by atoms with E-state index in [-0.39, 0.29) is 17.6 Å². The smallest absolute Gasteiger partial charge is 0.407 e. The summed E-state index contributed by atoms with van der Waals surface area (Å²) in [6.45, 7) is 7.01. The third-order valence-electron chi connectivity index (χ3n) is 7.40. The molecule has 40 heavy (non-hydrogen) atoms. The second kappa shape index (κ2) is 10.5. The van der Waals surface area contributed by atoms with Gasteiger partial charge < -0.3 is 33.9 Å². The Morgan fingerprint density at radius 2 is 1.90 bits per heavy atom. The first-order valence-electron chi connectivity index (χ1n) is 13.7. The van der Waals surface area contributed by atoms with E-state index in [1.165, 1.54) is 0 Å². The summed E-state index contributed by atoms with van der Waals surface area (Å²) in [5.41, 5.74) is 2.08. The molecular formula is C29H37N5O6. The first-order chi connectivity index (χ1) is 18.9. The molecule has 1 saturated carbocycles. The monoisotopic (exact) mass is 551 g/mol. The molecule has 11 heteroatoms. The molecule has 0 radical (unpaired) electrons. The Morgan fingerprint density at radius 3 is 2.55 bits per heavy atom. The number of aromatic carboxylic acids is 1. The highest BCUT2D eigenvalue weighted by Crippen LogP contribution is 2.36. The number of ether oxygens (including phenoxy) is 2. The number of benzene rings is 1. The molecule has 2 amide bonds. The molecule has 1 aromatic carbocycles. The van der Waals surface area contributed by atoms with E-state index in [1.807, 2.05) is 37.0 Å². The van der Waals surface area contributed by atoms with Crippen molar-refractivity contribution < 1.29 is 29.0 Å². The highest BCUT2D eigenvalue weighted by atomic mass is 16.6. The first-order valence-corrected chi connectivity index (χ1v) is 13.7. The summed E-state index contributed by atoms with van der Waals surface area (Å²) in [4.78, 5) is 44.4. The quantitative estimate of drug-likeness (QED) is 0.448. The van der Waals surface area contributed by atoms with Gasteiger partial charge in [0.05, 0.1) is 18.3 Å². The summed E-state index contributed by atoms with van der Waals surface area (Å²) >= 11 is 0. The number of amides is 2. The molecule has 0 unspecified atom stereocenters. The topological polar surface area (TPSA) is 128 Å². The lowest BCUT2D eigenvalue weighted by Crippen LogP contribution is -2.50. The predicted octanol–water partition coefficient (Wildman–Crippen LogP) is 4.29. The number of fused-ring (bicyclic) bond motifs is 1. The van der Waals surface area contributed by atoms with Crippen LogP contribution in [0.5, 0.6) is 5.75 Å². The number of imidazole rings is 1. The van der Waals surface area contributed by atoms with Gasteiger partial charge in [0.1, 0.15) is 22.6 Å². The number of hydrogen-bond donors (Lipinski definition) is 2. The highest BCUT2D eigenvalue weighted by Gasteiger charge is 2.30. The van der Waals surface area contributed by atoms with Crippen molar-refractivity contribution in [3.63, 3.8) is 0 Å². The van der Waals surface area contributed by atoms with Crippen molar-refractivity contribution in [1.82, 2.24) is 24.3 Å². The Morgan fingerprint density at radius 1 is 1.15 bits per heavy atom. The molecule has 0 bridgehead atoms. The molecule has 1 atom stereocenters. The Balaban J connectivity index is 1.43. The van der Waals surface area contributed by atoms with E-state index in [0.29, 0.717) is 59.4 Å². The zero-order valence-corrected chi connectivity index (χ0v) is 23.7. The van der Waals surface area contributed by atoms with E-state index in [2.05, 4.69) is 5.32 Å². The van der Waals surface area contributed by atoms with Crippen molar-refractivity contribution in [2.45, 2.75) is 64.6 Å². The maximum atomic E-state index is 13.6. The zero-order chi connectivity index (χ0) is 28.8. The molecule has 2 fully saturated rings. The third kappa shape index (κ3) is 5.64. The number of methoxy groups -OCH3 is 1. The van der Waals surface area contributed by atoms with Crippen LogP contribution in [-0.4, -0.2) is 73.9 Å². The van der Waals surface area contributed by atoms with Crippen LogP contribution in [-0.2, 0) is 18.3 Å². The Kier molecular flexibility index (Phi) is 7.24. The SMILES string of the molecule is COc1cc(C(=O)N2CCC[C@@H](NC(=O)OC(C)(C)C)C2)cc2nc(-c3ccc(C(=O)O)n3CC3CC3)n(C)c12. The minimum atomic E-state index is -0.975. The van der Waals surface area contributed by atoms with Crippen molar-refractivity contribution >= 4 is 29.0 Å². The van der Waals surface area contributed by atoms with Gasteiger partial charge in [0.2, 0.25) is 0 Å². The normalized spacial score (nSPS) is 17.6. The Hall–Kier alpha value is -4.02. The number of nitrogens with zero attached hydrogens (tertiary/aromatic N) is 4. The highest BCUT2D eigenvalue weighted by molar-refractivity contribution is 6.00. The van der Waals surface area contributed by atoms with Crippen LogP contribution in [0.2, 0.25) is 0 Å². The number of carboxylic acids is 1. The van der Waals surface area contributed by atoms with Gasteiger partial charge in [-0.25, -0.2) is 14.6 Å². The molecule has 1 aliphatic carbocycles. The van der Waals surface area contributed by atoms with Crippen LogP contribution >= 0.6 is 0 Å². The van der Waals surface area contributed by atoms with E-state index in [9.17, 15) is 19.5 Å². The van der Waals surface area contributed by atoms with E-state index < -0.39 is 17.7 Å². The van der Waals surface area contributed by atoms with Gasteiger partial charge in [-0.3, -0.25) is 4.79 Å². The summed E-state index contributed by atoms with van der Waals surface area (Å²) in [7, 11) is 3.41. The third-order valence-corrected chi connectivity index (χ3v) is 7.40. The lowest BCUT2D eigenvalue weighted by Gasteiger charge is -2.33. The zero-order valence-electron chi connectivity index (χ0n) is 23.7. The fourth-order valence-corrected chi connectivity index (χ4v) is 5.36. The summed E-state index contributed by atoms with van der Waals surface area (Å²) in [6.07, 6.45) is 3.19. The summed E-state index contributed by atoms with van der Waals surface area (Å²) in [5, 5.41) is 12.6. The van der Waals surface area contributed by atoms with Gasteiger partial charge in [-0.05, 0) is 76.6 Å². The first kappa shape index (κ1) is 27.5. The molecule has 2 N–H and O–H groups in total. The number of carboxylic acid groups (broad SMARTS) is 1. The molecular weight excluding hydrogens is 514 g/mol. The number of carbonyl (C=O) groups excluding carboxylic acids is 2. The molecule has 11 nitrogen and oxygen atoms in total. The van der Waals surface area contributed by atoms with Crippen LogP contribution in [0.1, 0.15) is 67.3 Å². The van der Waals surface area contributed by atoms with Crippen LogP contribution in [0.3, 0.4) is 0 Å². The lowest BCUT2D eigenvalue weighted by molar-refractivity contribution is 0.0452. The van der Waals surface area contributed by atoms with E-state index >= 15 is 0 Å². The summed E-state index contributed by atoms with van der Waals surface area (Å²) < 4.78 is 14.8. The number of carbonyl (C=O) groups is 3. The number of hydrogen-bond acceptors (Lipinski definition) is 6. The molecule has 1 aliphatic heterocycles. The minimum Gasteiger partial charge on any atom is -0.494 e. The van der Waals surface area contributed by atoms with Crippen molar-refractivity contribution in [3.8, 4) is 17.3 Å². The molecule has 5 rings (SSSR count). The molecule has 0 spiro atoms. The second-order valence-electron chi connectivity index (χ2n) is 11.7. The Bertz CT molecular complexity index is 1460. The van der Waals surface area contributed by atoms with Gasteiger partial charge in [0, 0.05) is 38.3 Å². The molecule has 3 aromatic rings. The van der Waals surface area contributed by atoms with Crippen molar-refractivity contribution in [2.75, 3.05) is 20.2 Å². The number of aryl methyl sites for hydroxylation is 1. The van der Waals surface area contributed by atoms with Crippen molar-refractivity contribution in [2.24, 2.45) is 13.0 Å². The number of rotatable bonds is 7. The van der Waals surface area contributed by atoms with Crippen LogP contribution < -0.4 is 10.1 Å². The maximum absolute atomic E-state index is 13.6. The number of aromatic nitrogens is 3. The predicted molar refractivity (Wildman–Crippen MR) is 149 cm³/mol. The number of alkyl carbamates (subject to hydrolysis) is 1. The van der Waals surface area contributed by atoms with Crippen molar-refractivity contribution in [1.29, 1.82) is 0 Å². The fourth-order valence-electron chi connectivity index (χ4n) is 5.36. The van der Waals surface area contributed by atoms with Crippen LogP contribution in [0.4, 0.5) is 4.79 Å². The molecule has 214 valence electrons. The largest absolute Gasteiger partial charge is 0.494 e. The molecule has 2 aliphatic rings. The van der Waals surface area contributed by atoms with Gasteiger partial charge in [0.15, 0.2) is 5.82 Å². The second-order valence-corrected chi connectivity index (χ2v) is 11.7. The van der Waals surface area contributed by atoms with Crippen LogP contribution in [0.15, 0.2) is 24.3 Å². The number of likely N-dealkylation sites (tertiary alicyclic amines) is 1. The molecule has 1 saturated heterocycles. The van der Waals surface area contributed by atoms with Crippen LogP contribution in [0, 0.1) is 5.92 Å². The van der Waals surface area contributed by atoms with E-state index in [0.717, 1.165) is 25.7 Å². The van der Waals surface area contributed by atoms with E-state index in [4.69, 9.17) is 14.5 Å². The average molecular weight is 552 g/mol. The summed E-state index contributed by atoms with van der Waals surface area (Å²) in [5.74, 6) is 0.424. The average Bonchev–Trinajstić information content (AvgIpc) is 3.51. The maximum Gasteiger partial charge on any atom is 0.407 e. The fraction of sp³-hybridized carbons (Fsp3) is 0.517. The lowest BCUT2D eigenvalue weighted by atomic mass is 10.0. The van der Waals surface area contributed by atoms with Gasteiger partial charge in [0.25, 0.3) is 5.91 Å². The van der Waals surface area contributed by atoms with Crippen LogP contribution in [0.25, 0.3) is 22.6 Å². The Labute approximate surface area is 233 Å². The summed E-state index contributed by atoms with van der Waals surface area (Å²) in [6, 6.07) is 6.66. The van der Waals surface area contributed by atoms with Gasteiger partial charge >= 0.3 is 12.1 Å². The molecule has 2 aromatic heterocycles. The van der Waals surface area contributed by atoms with E-state index in [1.54, 1.807) is 36.3 Å². The standard InChI is InChI=1S/C29H37N5O6/c1-29(2,3)40-28(38)30-19-7-6-12-33(16-19)26(35)18-13-20-24(23(14-18)39-5)32(4)25(31-20)21-10-11-22(27(36)37)34(21)15-17-8-9-17/h10-11,13-14,17,19H,6-9,12,15-16H2,1-5H3,(H,30,38)(H,36,37)/t19-/m1/s1. The number of piperidine rings is 1. The molecule has 3 heterocycles. The number of nitrogens with one attached hydrogen (secondary N) is 1. The van der Waals surface area contributed by atoms with Gasteiger partial charge in [-0.2, -0.15) is 0 Å². The van der Waals surface area contributed by atoms with Gasteiger partial charge in [-0.1, -0.05) is 0 Å². The minimum absolute atomic E-state index is 0.173.